The number of nitrogens with zero attached hydrogens (tertiary/aromatic N) is 6. The van der Waals surface area contributed by atoms with Gasteiger partial charge in [-0.2, -0.15) is 4.98 Å². The van der Waals surface area contributed by atoms with Gasteiger partial charge in [-0.3, -0.25) is 9.78 Å². The lowest BCUT2D eigenvalue weighted by molar-refractivity contribution is -0.133. The Morgan fingerprint density at radius 3 is 2.54 bits per heavy atom. The second-order valence-corrected chi connectivity index (χ2v) is 20.4. The lowest BCUT2D eigenvalue weighted by Crippen LogP contribution is -2.55. The number of benzene rings is 1. The molecule has 2 aliphatic heterocycles. The first-order valence-corrected chi connectivity index (χ1v) is 20.5. The molecule has 3 atom stereocenters. The van der Waals surface area contributed by atoms with Crippen molar-refractivity contribution in [2.45, 2.75) is 90.8 Å². The van der Waals surface area contributed by atoms with E-state index in [0.717, 1.165) is 5.56 Å². The van der Waals surface area contributed by atoms with Crippen molar-refractivity contribution >= 4 is 42.7 Å². The van der Waals surface area contributed by atoms with Crippen LogP contribution in [0.4, 0.5) is 10.2 Å². The van der Waals surface area contributed by atoms with E-state index in [-0.39, 0.29) is 45.3 Å². The maximum Gasteiger partial charge on any atom is 0.355 e. The molecule has 1 amide bonds. The predicted octanol–water partition coefficient (Wildman–Crippen LogP) is 6.89. The summed E-state index contributed by atoms with van der Waals surface area (Å²) >= 11 is 6.86. The molecule has 13 heteroatoms. The number of carbonyl (C=O) groups excluding carboxylic acids is 1. The number of piperazine rings is 1. The number of aromatic nitrogens is 4. The summed E-state index contributed by atoms with van der Waals surface area (Å²) in [6, 6.07) is 9.63. The van der Waals surface area contributed by atoms with Crippen LogP contribution in [0.15, 0.2) is 47.4 Å². The molecule has 0 radical (unpaired) electrons. The van der Waals surface area contributed by atoms with Gasteiger partial charge in [0.15, 0.2) is 20.1 Å². The monoisotopic (exact) mass is 720 g/mol. The van der Waals surface area contributed by atoms with Gasteiger partial charge in [0.2, 0.25) is 0 Å². The second kappa shape index (κ2) is 13.4. The number of anilines is 1. The molecule has 2 unspecified atom stereocenters. The van der Waals surface area contributed by atoms with Crippen molar-refractivity contribution < 1.29 is 18.3 Å². The highest BCUT2D eigenvalue weighted by molar-refractivity contribution is 6.74. The Morgan fingerprint density at radius 2 is 1.88 bits per heavy atom. The highest BCUT2D eigenvalue weighted by Gasteiger charge is 2.49. The molecule has 2 fully saturated rings. The van der Waals surface area contributed by atoms with Gasteiger partial charge < -0.3 is 19.0 Å². The Morgan fingerprint density at radius 1 is 1.16 bits per heavy atom. The van der Waals surface area contributed by atoms with Gasteiger partial charge >= 0.3 is 5.69 Å². The van der Waals surface area contributed by atoms with Crippen LogP contribution in [0.2, 0.25) is 23.2 Å². The van der Waals surface area contributed by atoms with Crippen molar-refractivity contribution in [1.29, 1.82) is 0 Å². The standard InChI is InChI=1S/C37H46ClFN6O4Si/c1-21(2)29-31(22(3)14-15-40-29)45-34-25(18-26(38)30(41-34)24-12-10-11-13-27(24)39)33(42-36(45)47)44-17-16-43(19-23(44)4)35(46)32-28(49-32)20-48-50(8,9)37(5,6)7/h10-15,18,21,23,28,32H,16-17,19-20H2,1-9H3/t23-,28?,32?/m0/s1. The minimum atomic E-state index is -1.97. The van der Waals surface area contributed by atoms with Crippen molar-refractivity contribution in [1.82, 2.24) is 24.4 Å². The van der Waals surface area contributed by atoms with Crippen LogP contribution >= 0.6 is 11.6 Å². The van der Waals surface area contributed by atoms with Crippen molar-refractivity contribution in [3.05, 3.63) is 75.2 Å². The van der Waals surface area contributed by atoms with E-state index in [0.29, 0.717) is 54.5 Å². The van der Waals surface area contributed by atoms with Crippen LogP contribution in [0.25, 0.3) is 28.0 Å². The van der Waals surface area contributed by atoms with Gasteiger partial charge in [-0.05, 0) is 67.7 Å². The summed E-state index contributed by atoms with van der Waals surface area (Å²) in [6.45, 7) is 20.5. The number of carbonyl (C=O) groups is 1. The largest absolute Gasteiger partial charge is 0.414 e. The third-order valence-corrected chi connectivity index (χ3v) is 15.1. The summed E-state index contributed by atoms with van der Waals surface area (Å²) in [5, 5.41) is 0.826. The van der Waals surface area contributed by atoms with E-state index in [1.807, 2.05) is 43.6 Å². The Labute approximate surface area is 298 Å². The normalized spacial score (nSPS) is 19.8. The number of ether oxygens (including phenoxy) is 1. The number of hydrogen-bond acceptors (Lipinski definition) is 8. The maximum atomic E-state index is 15.1. The van der Waals surface area contributed by atoms with Crippen LogP contribution in [0.5, 0.6) is 0 Å². The first kappa shape index (κ1) is 36.1. The van der Waals surface area contributed by atoms with E-state index in [1.54, 1.807) is 30.5 Å². The van der Waals surface area contributed by atoms with Gasteiger partial charge in [0.25, 0.3) is 5.91 Å². The number of hydrogen-bond donors (Lipinski definition) is 0. The minimum absolute atomic E-state index is 0.0100. The van der Waals surface area contributed by atoms with Crippen molar-refractivity contribution in [3.8, 4) is 16.9 Å². The molecule has 6 rings (SSSR count). The summed E-state index contributed by atoms with van der Waals surface area (Å²) in [5.41, 5.74) is 2.31. The van der Waals surface area contributed by atoms with Crippen molar-refractivity contribution in [2.24, 2.45) is 0 Å². The quantitative estimate of drug-likeness (QED) is 0.143. The van der Waals surface area contributed by atoms with E-state index >= 15 is 4.39 Å². The van der Waals surface area contributed by atoms with Gasteiger partial charge in [-0.25, -0.2) is 18.7 Å². The van der Waals surface area contributed by atoms with Crippen LogP contribution < -0.4 is 10.6 Å². The van der Waals surface area contributed by atoms with E-state index < -0.39 is 25.9 Å². The summed E-state index contributed by atoms with van der Waals surface area (Å²) < 4.78 is 28.7. The molecule has 2 aliphatic rings. The molecule has 0 aliphatic carbocycles. The molecule has 50 heavy (non-hydrogen) atoms. The van der Waals surface area contributed by atoms with Crippen LogP contribution in [0, 0.1) is 12.7 Å². The third kappa shape index (κ3) is 6.70. The Kier molecular flexibility index (Phi) is 9.70. The van der Waals surface area contributed by atoms with E-state index in [4.69, 9.17) is 25.7 Å². The first-order valence-electron chi connectivity index (χ1n) is 17.2. The van der Waals surface area contributed by atoms with Gasteiger partial charge in [0.1, 0.15) is 17.7 Å². The summed E-state index contributed by atoms with van der Waals surface area (Å²) in [4.78, 5) is 45.7. The highest BCUT2D eigenvalue weighted by atomic mass is 35.5. The lowest BCUT2D eigenvalue weighted by atomic mass is 10.0. The average molecular weight is 721 g/mol. The summed E-state index contributed by atoms with van der Waals surface area (Å²) in [5.74, 6) is -0.135. The molecule has 1 aromatic carbocycles. The minimum Gasteiger partial charge on any atom is -0.414 e. The SMILES string of the molecule is Cc1ccnc(C(C)C)c1-n1c(=O)nc(N2CCN(C(=O)C3OC3CO[Si](C)(C)C(C)(C)C)C[C@@H]2C)c2cc(Cl)c(-c3ccccc3F)nc21. The summed E-state index contributed by atoms with van der Waals surface area (Å²) in [7, 11) is -1.97. The molecule has 266 valence electrons. The lowest BCUT2D eigenvalue weighted by Gasteiger charge is -2.40. The smallest absolute Gasteiger partial charge is 0.355 e. The number of halogens is 2. The molecular formula is C37H46ClFN6O4Si. The third-order valence-electron chi connectivity index (χ3n) is 10.3. The number of rotatable bonds is 8. The molecule has 2 saturated heterocycles. The molecule has 3 aromatic heterocycles. The van der Waals surface area contributed by atoms with Crippen LogP contribution in [0.1, 0.15) is 58.7 Å². The molecule has 0 bridgehead atoms. The first-order chi connectivity index (χ1) is 23.5. The number of aryl methyl sites for hydroxylation is 1. The number of amides is 1. The molecule has 4 aromatic rings. The zero-order valence-electron chi connectivity index (χ0n) is 30.3. The van der Waals surface area contributed by atoms with Gasteiger partial charge in [0, 0.05) is 37.4 Å². The Balaban J connectivity index is 1.35. The zero-order valence-corrected chi connectivity index (χ0v) is 32.0. The van der Waals surface area contributed by atoms with Crippen LogP contribution in [-0.2, 0) is 14.0 Å². The van der Waals surface area contributed by atoms with Crippen LogP contribution in [0.3, 0.4) is 0 Å². The second-order valence-electron chi connectivity index (χ2n) is 15.2. The number of pyridine rings is 2. The molecule has 0 spiro atoms. The van der Waals surface area contributed by atoms with Gasteiger partial charge in [-0.15, -0.1) is 0 Å². The zero-order chi connectivity index (χ0) is 36.3. The van der Waals surface area contributed by atoms with E-state index in [2.05, 4.69) is 43.8 Å². The average Bonchev–Trinajstić information content (AvgIpc) is 3.83. The molecule has 10 nitrogen and oxygen atoms in total. The van der Waals surface area contributed by atoms with Gasteiger partial charge in [0.05, 0.1) is 34.1 Å². The maximum absolute atomic E-state index is 15.1. The topological polar surface area (TPSA) is 106 Å². The van der Waals surface area contributed by atoms with Crippen LogP contribution in [-0.4, -0.2) is 83.1 Å². The Hall–Kier alpha value is -3.71. The predicted molar refractivity (Wildman–Crippen MR) is 197 cm³/mol. The molecule has 5 heterocycles. The van der Waals surface area contributed by atoms with E-state index in [1.165, 1.54) is 10.6 Å². The van der Waals surface area contributed by atoms with Crippen molar-refractivity contribution in [2.75, 3.05) is 31.1 Å². The number of fused-ring (bicyclic) bond motifs is 1. The molecule has 0 N–H and O–H groups in total. The molecule has 0 saturated carbocycles. The fourth-order valence-corrected chi connectivity index (χ4v) is 7.57. The van der Waals surface area contributed by atoms with Crippen molar-refractivity contribution in [3.63, 3.8) is 0 Å². The fraction of sp³-hybridized carbons (Fsp3) is 0.486. The highest BCUT2D eigenvalue weighted by Crippen LogP contribution is 2.39. The molecular weight excluding hydrogens is 675 g/mol. The fourth-order valence-electron chi connectivity index (χ4n) is 6.30. The Bertz CT molecular complexity index is 2010. The summed E-state index contributed by atoms with van der Waals surface area (Å²) in [6.07, 6.45) is 0.961. The number of epoxide rings is 1. The van der Waals surface area contributed by atoms with Gasteiger partial charge in [-0.1, -0.05) is 58.4 Å². The van der Waals surface area contributed by atoms with E-state index in [9.17, 15) is 9.59 Å².